The number of nitrogens with one attached hydrogen (secondary N) is 1. The lowest BCUT2D eigenvalue weighted by Gasteiger charge is -2.25. The molecule has 6 heteroatoms. The molecule has 1 atom stereocenters. The van der Waals surface area contributed by atoms with Crippen molar-refractivity contribution in [3.05, 3.63) is 58.3 Å². The molecule has 0 bridgehead atoms. The van der Waals surface area contributed by atoms with E-state index in [4.69, 9.17) is 0 Å². The van der Waals surface area contributed by atoms with Crippen LogP contribution in [-0.4, -0.2) is 26.9 Å². The first-order chi connectivity index (χ1) is 12.2. The van der Waals surface area contributed by atoms with Crippen LogP contribution in [0.1, 0.15) is 29.7 Å². The maximum Gasteiger partial charge on any atom is 0.223 e. The first-order valence-corrected chi connectivity index (χ1v) is 9.11. The van der Waals surface area contributed by atoms with Gasteiger partial charge in [0.05, 0.1) is 17.0 Å². The Kier molecular flexibility index (Phi) is 4.36. The number of anilines is 1. The molecule has 0 radical (unpaired) electrons. The summed E-state index contributed by atoms with van der Waals surface area (Å²) in [6.45, 7) is 0. The van der Waals surface area contributed by atoms with Crippen LogP contribution < -0.4 is 5.32 Å². The Morgan fingerprint density at radius 1 is 1.16 bits per heavy atom. The van der Waals surface area contributed by atoms with Gasteiger partial charge in [-0.2, -0.15) is 0 Å². The average Bonchev–Trinajstić information content (AvgIpc) is 2.92. The lowest BCUT2D eigenvalue weighted by Crippen LogP contribution is -2.28. The van der Waals surface area contributed by atoms with E-state index >= 15 is 0 Å². The summed E-state index contributed by atoms with van der Waals surface area (Å²) < 4.78 is 0. The molecule has 0 spiro atoms. The van der Waals surface area contributed by atoms with Crippen LogP contribution in [-0.2, 0) is 22.4 Å². The summed E-state index contributed by atoms with van der Waals surface area (Å²) in [6, 6.07) is 10.5. The molecule has 5 nitrogen and oxygen atoms in total. The van der Waals surface area contributed by atoms with Crippen LogP contribution in [0.25, 0.3) is 6.08 Å². The fourth-order valence-corrected chi connectivity index (χ4v) is 4.02. The highest BCUT2D eigenvalue weighted by molar-refractivity contribution is 8.18. The van der Waals surface area contributed by atoms with Crippen LogP contribution in [0.4, 0.5) is 5.95 Å². The number of carbonyl (C=O) groups is 2. The van der Waals surface area contributed by atoms with Crippen LogP contribution >= 0.6 is 11.8 Å². The number of allylic oxidation sites excluding steroid dienone is 1. The number of nitrogens with zero attached hydrogens (tertiary/aromatic N) is 2. The molecule has 1 aromatic carbocycles. The van der Waals surface area contributed by atoms with Crippen molar-refractivity contribution in [3.8, 4) is 0 Å². The van der Waals surface area contributed by atoms with Gasteiger partial charge in [0.15, 0.2) is 5.78 Å². The minimum Gasteiger partial charge on any atom is -0.351 e. The highest BCUT2D eigenvalue weighted by Gasteiger charge is 2.26. The van der Waals surface area contributed by atoms with Crippen molar-refractivity contribution in [3.63, 3.8) is 0 Å². The first kappa shape index (κ1) is 16.0. The van der Waals surface area contributed by atoms with Crippen LogP contribution in [0.5, 0.6) is 0 Å². The number of Topliss-reactive ketones (excluding diaryl/α,β-unsaturated/α-hetero) is 1. The Labute approximate surface area is 150 Å². The Morgan fingerprint density at radius 2 is 2.00 bits per heavy atom. The van der Waals surface area contributed by atoms with Gasteiger partial charge in [-0.15, -0.1) is 0 Å². The van der Waals surface area contributed by atoms with Crippen molar-refractivity contribution in [1.82, 2.24) is 9.97 Å². The van der Waals surface area contributed by atoms with E-state index in [-0.39, 0.29) is 17.3 Å². The number of hydrogen-bond acceptors (Lipinski definition) is 6. The van der Waals surface area contributed by atoms with Gasteiger partial charge in [-0.05, 0) is 54.3 Å². The van der Waals surface area contributed by atoms with Crippen LogP contribution in [0.2, 0.25) is 0 Å². The Bertz CT molecular complexity index is 878. The molecule has 2 heterocycles. The van der Waals surface area contributed by atoms with E-state index in [1.54, 1.807) is 18.3 Å². The number of benzene rings is 1. The van der Waals surface area contributed by atoms with Crippen LogP contribution in [0, 0.1) is 0 Å². The molecule has 2 aromatic rings. The molecule has 1 unspecified atom stereocenters. The molecule has 0 saturated carbocycles. The summed E-state index contributed by atoms with van der Waals surface area (Å²) in [5.41, 5.74) is 3.43. The average molecular weight is 351 g/mol. The zero-order valence-corrected chi connectivity index (χ0v) is 14.4. The van der Waals surface area contributed by atoms with Gasteiger partial charge in [0.2, 0.25) is 11.1 Å². The van der Waals surface area contributed by atoms with Crippen LogP contribution in [0.3, 0.4) is 0 Å². The zero-order chi connectivity index (χ0) is 17.2. The first-order valence-electron chi connectivity index (χ1n) is 8.29. The molecule has 4 rings (SSSR count). The molecule has 1 fully saturated rings. The number of thioether (sulfide) groups is 1. The lowest BCUT2D eigenvalue weighted by molar-refractivity contribution is -0.119. The van der Waals surface area contributed by atoms with Crippen LogP contribution in [0.15, 0.2) is 41.4 Å². The predicted molar refractivity (Wildman–Crippen MR) is 98.1 cm³/mol. The molecule has 1 N–H and O–H groups in total. The summed E-state index contributed by atoms with van der Waals surface area (Å²) in [6.07, 6.45) is 6.35. The van der Waals surface area contributed by atoms with Gasteiger partial charge in [0.1, 0.15) is 0 Å². The highest BCUT2D eigenvalue weighted by atomic mass is 32.2. The third-order valence-corrected chi connectivity index (χ3v) is 5.38. The predicted octanol–water partition coefficient (Wildman–Crippen LogP) is 3.02. The number of hydrogen-bond donors (Lipinski definition) is 1. The number of aryl methyl sites for hydroxylation is 1. The summed E-state index contributed by atoms with van der Waals surface area (Å²) in [5, 5.41) is 3.29. The molecular formula is C19H17N3O2S. The fourth-order valence-electron chi connectivity index (χ4n) is 3.20. The van der Waals surface area contributed by atoms with E-state index in [2.05, 4.69) is 39.6 Å². The van der Waals surface area contributed by atoms with Crippen molar-refractivity contribution in [1.29, 1.82) is 0 Å². The standard InChI is InChI=1S/C19H17N3O2S/c23-16-11-18(24)25-17(16)10-15-7-8-20-19(22-15)21-14-6-5-12-3-1-2-4-13(12)9-14/h1-4,7-8,10,14H,5-6,9,11H2,(H,20,21,22)/b17-10-. The molecular weight excluding hydrogens is 334 g/mol. The topological polar surface area (TPSA) is 72.0 Å². The Morgan fingerprint density at radius 3 is 2.80 bits per heavy atom. The molecule has 25 heavy (non-hydrogen) atoms. The summed E-state index contributed by atoms with van der Waals surface area (Å²) in [4.78, 5) is 32.3. The van der Waals surface area contributed by atoms with Gasteiger partial charge in [0, 0.05) is 12.2 Å². The van der Waals surface area contributed by atoms with E-state index in [9.17, 15) is 9.59 Å². The van der Waals surface area contributed by atoms with Crippen molar-refractivity contribution in [2.75, 3.05) is 5.32 Å². The van der Waals surface area contributed by atoms with E-state index in [1.807, 2.05) is 0 Å². The molecule has 1 aliphatic carbocycles. The number of carbonyl (C=O) groups excluding carboxylic acids is 2. The maximum atomic E-state index is 11.7. The van der Waals surface area contributed by atoms with Crippen molar-refractivity contribution >= 4 is 34.7 Å². The van der Waals surface area contributed by atoms with Gasteiger partial charge in [0.25, 0.3) is 0 Å². The number of rotatable bonds is 3. The lowest BCUT2D eigenvalue weighted by atomic mass is 9.88. The second-order valence-corrected chi connectivity index (χ2v) is 7.34. The van der Waals surface area contributed by atoms with E-state index in [1.165, 1.54) is 11.1 Å². The quantitative estimate of drug-likeness (QED) is 0.677. The van der Waals surface area contributed by atoms with Gasteiger partial charge >= 0.3 is 0 Å². The van der Waals surface area contributed by atoms with Crippen molar-refractivity contribution in [2.45, 2.75) is 31.7 Å². The van der Waals surface area contributed by atoms with Crippen molar-refractivity contribution in [2.24, 2.45) is 0 Å². The largest absolute Gasteiger partial charge is 0.351 e. The van der Waals surface area contributed by atoms with E-state index < -0.39 is 0 Å². The number of fused-ring (bicyclic) bond motifs is 1. The summed E-state index contributed by atoms with van der Waals surface area (Å²) >= 11 is 0.994. The second-order valence-electron chi connectivity index (χ2n) is 6.24. The normalized spacial score (nSPS) is 21.4. The van der Waals surface area contributed by atoms with Gasteiger partial charge in [-0.25, -0.2) is 9.97 Å². The molecule has 1 saturated heterocycles. The third kappa shape index (κ3) is 3.64. The second kappa shape index (κ2) is 6.80. The van der Waals surface area contributed by atoms with E-state index in [0.29, 0.717) is 22.6 Å². The maximum absolute atomic E-state index is 11.7. The minimum atomic E-state index is -0.132. The SMILES string of the molecule is O=C1CC(=O)/C(=C/c2ccnc(NC3CCc4ccccc4C3)n2)S1. The zero-order valence-electron chi connectivity index (χ0n) is 13.6. The van der Waals surface area contributed by atoms with Gasteiger partial charge in [-0.3, -0.25) is 9.59 Å². The summed E-state index contributed by atoms with van der Waals surface area (Å²) in [7, 11) is 0. The molecule has 126 valence electrons. The molecule has 0 amide bonds. The minimum absolute atomic E-state index is 0.0197. The third-order valence-electron chi connectivity index (χ3n) is 4.44. The Hall–Kier alpha value is -2.47. The molecule has 1 aliphatic heterocycles. The van der Waals surface area contributed by atoms with Crippen molar-refractivity contribution < 1.29 is 9.59 Å². The summed E-state index contributed by atoms with van der Waals surface area (Å²) in [5.74, 6) is 0.424. The fraction of sp³-hybridized carbons (Fsp3) is 0.263. The van der Waals surface area contributed by atoms with E-state index in [0.717, 1.165) is 31.0 Å². The molecule has 2 aliphatic rings. The van der Waals surface area contributed by atoms with Gasteiger partial charge in [-0.1, -0.05) is 24.3 Å². The van der Waals surface area contributed by atoms with Gasteiger partial charge < -0.3 is 5.32 Å². The number of aromatic nitrogens is 2. The smallest absolute Gasteiger partial charge is 0.223 e. The molecule has 1 aromatic heterocycles. The number of ketones is 1. The Balaban J connectivity index is 1.48. The highest BCUT2D eigenvalue weighted by Crippen LogP contribution is 2.30. The monoisotopic (exact) mass is 351 g/mol.